The van der Waals surface area contributed by atoms with Crippen molar-refractivity contribution in [1.82, 2.24) is 4.57 Å². The van der Waals surface area contributed by atoms with Crippen molar-refractivity contribution < 1.29 is 14.3 Å². The topological polar surface area (TPSA) is 69.6 Å². The molecular weight excluding hydrogens is 380 g/mol. The summed E-state index contributed by atoms with van der Waals surface area (Å²) >= 11 is 5.89. The molecule has 0 aliphatic carbocycles. The van der Waals surface area contributed by atoms with Gasteiger partial charge in [-0.15, -0.1) is 0 Å². The summed E-state index contributed by atoms with van der Waals surface area (Å²) in [6.45, 7) is 0.336. The van der Waals surface area contributed by atoms with Crippen molar-refractivity contribution in [3.63, 3.8) is 0 Å². The number of hydrogen-bond acceptors (Lipinski definition) is 4. The Labute approximate surface area is 167 Å². The molecule has 6 nitrogen and oxygen atoms in total. The second kappa shape index (κ2) is 8.63. The molecule has 0 fully saturated rings. The molecule has 2 aromatic carbocycles. The fourth-order valence-electron chi connectivity index (χ4n) is 2.67. The zero-order chi connectivity index (χ0) is 20.1. The van der Waals surface area contributed by atoms with Crippen LogP contribution in [0.5, 0.6) is 11.5 Å². The molecule has 28 heavy (non-hydrogen) atoms. The fourth-order valence-corrected chi connectivity index (χ4v) is 2.80. The van der Waals surface area contributed by atoms with Gasteiger partial charge in [0.1, 0.15) is 11.5 Å². The number of hydrogen-bond donors (Lipinski definition) is 1. The smallest absolute Gasteiger partial charge is 0.257 e. The summed E-state index contributed by atoms with van der Waals surface area (Å²) in [6.07, 6.45) is 1.53. The molecule has 0 aliphatic heterocycles. The second-order valence-corrected chi connectivity index (χ2v) is 6.47. The van der Waals surface area contributed by atoms with Gasteiger partial charge in [-0.05, 0) is 35.9 Å². The van der Waals surface area contributed by atoms with Crippen molar-refractivity contribution in [3.8, 4) is 11.5 Å². The number of aromatic nitrogens is 1. The third kappa shape index (κ3) is 4.53. The number of halogens is 1. The lowest BCUT2D eigenvalue weighted by Gasteiger charge is -2.12. The number of carbonyl (C=O) groups is 1. The number of benzene rings is 2. The van der Waals surface area contributed by atoms with Crippen molar-refractivity contribution in [2.45, 2.75) is 6.54 Å². The minimum atomic E-state index is -0.353. The van der Waals surface area contributed by atoms with E-state index in [0.29, 0.717) is 34.3 Å². The Morgan fingerprint density at radius 1 is 1.04 bits per heavy atom. The summed E-state index contributed by atoms with van der Waals surface area (Å²) < 4.78 is 11.9. The molecular formula is C21H19ClN2O4. The van der Waals surface area contributed by atoms with Crippen LogP contribution in [0.15, 0.2) is 65.6 Å². The largest absolute Gasteiger partial charge is 0.497 e. The van der Waals surface area contributed by atoms with Gasteiger partial charge in [0.25, 0.3) is 11.5 Å². The molecule has 0 saturated heterocycles. The van der Waals surface area contributed by atoms with E-state index in [0.717, 1.165) is 5.56 Å². The quantitative estimate of drug-likeness (QED) is 0.685. The number of rotatable bonds is 6. The van der Waals surface area contributed by atoms with Crippen molar-refractivity contribution >= 4 is 23.2 Å². The molecule has 1 N–H and O–H groups in total. The van der Waals surface area contributed by atoms with Crippen LogP contribution in [0.4, 0.5) is 5.69 Å². The number of carbonyl (C=O) groups excluding carboxylic acids is 1. The van der Waals surface area contributed by atoms with Gasteiger partial charge < -0.3 is 19.4 Å². The molecule has 0 radical (unpaired) electrons. The van der Waals surface area contributed by atoms with E-state index in [1.54, 1.807) is 37.4 Å². The van der Waals surface area contributed by atoms with E-state index in [-0.39, 0.29) is 11.5 Å². The summed E-state index contributed by atoms with van der Waals surface area (Å²) in [7, 11) is 3.06. The lowest BCUT2D eigenvalue weighted by molar-refractivity contribution is 0.102. The average Bonchev–Trinajstić information content (AvgIpc) is 2.71. The molecule has 0 bridgehead atoms. The van der Waals surface area contributed by atoms with Crippen molar-refractivity contribution in [1.29, 1.82) is 0 Å². The van der Waals surface area contributed by atoms with Crippen LogP contribution in [0.1, 0.15) is 15.9 Å². The molecule has 0 unspecified atom stereocenters. The number of pyridine rings is 1. The Balaban J connectivity index is 1.83. The highest BCUT2D eigenvalue weighted by atomic mass is 35.5. The van der Waals surface area contributed by atoms with Gasteiger partial charge in [0.2, 0.25) is 0 Å². The van der Waals surface area contributed by atoms with Crippen LogP contribution < -0.4 is 20.3 Å². The molecule has 1 amide bonds. The maximum absolute atomic E-state index is 12.7. The minimum Gasteiger partial charge on any atom is -0.497 e. The van der Waals surface area contributed by atoms with Crippen LogP contribution in [0.3, 0.4) is 0 Å². The summed E-state index contributed by atoms with van der Waals surface area (Å²) in [5.74, 6) is 0.738. The molecule has 0 saturated carbocycles. The SMILES string of the molecule is COc1ccc(NC(=O)c2ccc(=O)n(Cc3ccc(Cl)cc3)c2)c(OC)c1. The Morgan fingerprint density at radius 3 is 2.46 bits per heavy atom. The van der Waals surface area contributed by atoms with Crippen molar-refractivity contribution in [2.75, 3.05) is 19.5 Å². The third-order valence-electron chi connectivity index (χ3n) is 4.17. The Kier molecular flexibility index (Phi) is 6.01. The van der Waals surface area contributed by atoms with Gasteiger partial charge in [-0.25, -0.2) is 0 Å². The predicted octanol–water partition coefficient (Wildman–Crippen LogP) is 3.82. The highest BCUT2D eigenvalue weighted by molar-refractivity contribution is 6.30. The van der Waals surface area contributed by atoms with Gasteiger partial charge in [-0.1, -0.05) is 23.7 Å². The average molecular weight is 399 g/mol. The van der Waals surface area contributed by atoms with Crippen LogP contribution >= 0.6 is 11.6 Å². The highest BCUT2D eigenvalue weighted by Gasteiger charge is 2.12. The van der Waals surface area contributed by atoms with Crippen LogP contribution in [0.25, 0.3) is 0 Å². The number of ether oxygens (including phenoxy) is 2. The Morgan fingerprint density at radius 2 is 1.79 bits per heavy atom. The highest BCUT2D eigenvalue weighted by Crippen LogP contribution is 2.29. The summed E-state index contributed by atoms with van der Waals surface area (Å²) in [5.41, 5.74) is 1.56. The van der Waals surface area contributed by atoms with Crippen LogP contribution in [-0.2, 0) is 6.54 Å². The first-order valence-electron chi connectivity index (χ1n) is 8.48. The Hall–Kier alpha value is -3.25. The van der Waals surface area contributed by atoms with Crippen LogP contribution in [0, 0.1) is 0 Å². The first kappa shape index (κ1) is 19.5. The summed E-state index contributed by atoms with van der Waals surface area (Å²) in [4.78, 5) is 24.8. The molecule has 1 heterocycles. The van der Waals surface area contributed by atoms with Gasteiger partial charge in [0.05, 0.1) is 32.0 Å². The lowest BCUT2D eigenvalue weighted by Crippen LogP contribution is -2.22. The van der Waals surface area contributed by atoms with E-state index in [9.17, 15) is 9.59 Å². The molecule has 144 valence electrons. The molecule has 7 heteroatoms. The standard InChI is InChI=1S/C21H19ClN2O4/c1-27-17-8-9-18(19(11-17)28-2)23-21(26)15-5-10-20(25)24(13-15)12-14-3-6-16(22)7-4-14/h3-11,13H,12H2,1-2H3,(H,23,26). The predicted molar refractivity (Wildman–Crippen MR) is 109 cm³/mol. The first-order chi connectivity index (χ1) is 13.5. The maximum atomic E-state index is 12.7. The second-order valence-electron chi connectivity index (χ2n) is 6.03. The maximum Gasteiger partial charge on any atom is 0.257 e. The number of methoxy groups -OCH3 is 2. The normalized spacial score (nSPS) is 10.4. The van der Waals surface area contributed by atoms with E-state index in [1.165, 1.54) is 30.0 Å². The van der Waals surface area contributed by atoms with E-state index in [4.69, 9.17) is 21.1 Å². The monoisotopic (exact) mass is 398 g/mol. The van der Waals surface area contributed by atoms with Gasteiger partial charge in [0.15, 0.2) is 0 Å². The van der Waals surface area contributed by atoms with Crippen LogP contribution in [-0.4, -0.2) is 24.7 Å². The van der Waals surface area contributed by atoms with Gasteiger partial charge in [-0.3, -0.25) is 9.59 Å². The number of anilines is 1. The molecule has 0 atom stereocenters. The van der Waals surface area contributed by atoms with Crippen LogP contribution in [0.2, 0.25) is 5.02 Å². The van der Waals surface area contributed by atoms with Gasteiger partial charge in [0, 0.05) is 23.4 Å². The van der Waals surface area contributed by atoms with Crippen molar-refractivity contribution in [2.24, 2.45) is 0 Å². The number of amides is 1. The summed E-state index contributed by atoms with van der Waals surface area (Å²) in [5, 5.41) is 3.42. The third-order valence-corrected chi connectivity index (χ3v) is 4.42. The molecule has 3 aromatic rings. The summed E-state index contributed by atoms with van der Waals surface area (Å²) in [6, 6.07) is 15.1. The molecule has 0 spiro atoms. The molecule has 3 rings (SSSR count). The van der Waals surface area contributed by atoms with Gasteiger partial charge >= 0.3 is 0 Å². The van der Waals surface area contributed by atoms with E-state index in [2.05, 4.69) is 5.32 Å². The lowest BCUT2D eigenvalue weighted by atomic mass is 10.2. The van der Waals surface area contributed by atoms with E-state index < -0.39 is 0 Å². The minimum absolute atomic E-state index is 0.200. The number of nitrogens with one attached hydrogen (secondary N) is 1. The Bertz CT molecular complexity index is 1050. The van der Waals surface area contributed by atoms with Crippen molar-refractivity contribution in [3.05, 3.63) is 87.3 Å². The first-order valence-corrected chi connectivity index (χ1v) is 8.86. The number of nitrogens with zero attached hydrogens (tertiary/aromatic N) is 1. The van der Waals surface area contributed by atoms with Gasteiger partial charge in [-0.2, -0.15) is 0 Å². The van der Waals surface area contributed by atoms with E-state index in [1.807, 2.05) is 12.1 Å². The molecule has 1 aromatic heterocycles. The zero-order valence-corrected chi connectivity index (χ0v) is 16.2. The molecule has 0 aliphatic rings. The zero-order valence-electron chi connectivity index (χ0n) is 15.4. The van der Waals surface area contributed by atoms with E-state index >= 15 is 0 Å². The fraction of sp³-hybridized carbons (Fsp3) is 0.143.